The Morgan fingerprint density at radius 1 is 1.25 bits per heavy atom. The van der Waals surface area contributed by atoms with Crippen molar-refractivity contribution < 1.29 is 9.90 Å². The standard InChI is InChI=1S/C18H24N4O2/c1-20-18(24)15-7-14(9-21-11-15)10-22-12-17(23)16(19)8-13-5-3-2-4-6-13/h2-7,9,11,16-17,22-23H,8,10,12,19H2,1H3,(H,20,24)/t16-,17+/m0/s1. The van der Waals surface area contributed by atoms with Gasteiger partial charge in [-0.2, -0.15) is 0 Å². The van der Waals surface area contributed by atoms with Gasteiger partial charge in [-0.25, -0.2) is 0 Å². The largest absolute Gasteiger partial charge is 0.390 e. The van der Waals surface area contributed by atoms with Gasteiger partial charge in [0, 0.05) is 38.6 Å². The number of aromatic nitrogens is 1. The Balaban J connectivity index is 1.80. The van der Waals surface area contributed by atoms with E-state index in [-0.39, 0.29) is 11.9 Å². The maximum atomic E-state index is 11.6. The number of nitrogens with two attached hydrogens (primary N) is 1. The molecule has 0 saturated carbocycles. The second-order valence-electron chi connectivity index (χ2n) is 5.71. The fraction of sp³-hybridized carbons (Fsp3) is 0.333. The van der Waals surface area contributed by atoms with Gasteiger partial charge in [-0.1, -0.05) is 30.3 Å². The van der Waals surface area contributed by atoms with Crippen molar-refractivity contribution in [2.75, 3.05) is 13.6 Å². The molecule has 0 aliphatic carbocycles. The van der Waals surface area contributed by atoms with E-state index in [4.69, 9.17) is 5.73 Å². The quantitative estimate of drug-likeness (QED) is 0.564. The predicted octanol–water partition coefficient (Wildman–Crippen LogP) is 0.462. The first kappa shape index (κ1) is 18.1. The number of amides is 1. The third kappa shape index (κ3) is 5.42. The lowest BCUT2D eigenvalue weighted by Gasteiger charge is -2.19. The number of carbonyl (C=O) groups excluding carboxylic acids is 1. The minimum Gasteiger partial charge on any atom is -0.390 e. The van der Waals surface area contributed by atoms with Gasteiger partial charge < -0.3 is 21.5 Å². The van der Waals surface area contributed by atoms with Gasteiger partial charge in [0.1, 0.15) is 0 Å². The molecule has 2 atom stereocenters. The number of hydrogen-bond donors (Lipinski definition) is 4. The first-order valence-electron chi connectivity index (χ1n) is 7.94. The third-order valence-corrected chi connectivity index (χ3v) is 3.78. The van der Waals surface area contributed by atoms with Gasteiger partial charge in [0.25, 0.3) is 5.91 Å². The smallest absolute Gasteiger partial charge is 0.252 e. The van der Waals surface area contributed by atoms with Gasteiger partial charge in [0.15, 0.2) is 0 Å². The van der Waals surface area contributed by atoms with Crippen molar-refractivity contribution in [2.45, 2.75) is 25.1 Å². The summed E-state index contributed by atoms with van der Waals surface area (Å²) < 4.78 is 0. The predicted molar refractivity (Wildman–Crippen MR) is 93.5 cm³/mol. The van der Waals surface area contributed by atoms with Gasteiger partial charge in [-0.05, 0) is 23.6 Å². The van der Waals surface area contributed by atoms with E-state index in [0.29, 0.717) is 25.1 Å². The lowest BCUT2D eigenvalue weighted by molar-refractivity contribution is 0.0962. The van der Waals surface area contributed by atoms with E-state index in [1.807, 2.05) is 30.3 Å². The van der Waals surface area contributed by atoms with E-state index in [1.165, 1.54) is 6.20 Å². The van der Waals surface area contributed by atoms with E-state index in [9.17, 15) is 9.90 Å². The van der Waals surface area contributed by atoms with Crippen molar-refractivity contribution in [1.29, 1.82) is 0 Å². The lowest BCUT2D eigenvalue weighted by Crippen LogP contribution is -2.43. The van der Waals surface area contributed by atoms with E-state index in [0.717, 1.165) is 11.1 Å². The summed E-state index contributed by atoms with van der Waals surface area (Å²) in [5.41, 5.74) is 8.55. The maximum Gasteiger partial charge on any atom is 0.252 e. The number of rotatable bonds is 8. The van der Waals surface area contributed by atoms with Crippen molar-refractivity contribution in [3.8, 4) is 0 Å². The van der Waals surface area contributed by atoms with Crippen LogP contribution in [0.5, 0.6) is 0 Å². The molecule has 24 heavy (non-hydrogen) atoms. The van der Waals surface area contributed by atoms with Crippen LogP contribution in [0.2, 0.25) is 0 Å². The number of aliphatic hydroxyl groups is 1. The van der Waals surface area contributed by atoms with Crippen LogP contribution in [-0.2, 0) is 13.0 Å². The van der Waals surface area contributed by atoms with Gasteiger partial charge in [-0.3, -0.25) is 9.78 Å². The maximum absolute atomic E-state index is 11.6. The van der Waals surface area contributed by atoms with Crippen LogP contribution in [-0.4, -0.2) is 41.7 Å². The molecule has 1 amide bonds. The zero-order valence-corrected chi connectivity index (χ0v) is 13.8. The highest BCUT2D eigenvalue weighted by Gasteiger charge is 2.15. The number of nitrogens with zero attached hydrogens (tertiary/aromatic N) is 1. The minimum absolute atomic E-state index is 0.172. The molecule has 2 rings (SSSR count). The lowest BCUT2D eigenvalue weighted by atomic mass is 10.0. The Morgan fingerprint density at radius 2 is 2.00 bits per heavy atom. The number of pyridine rings is 1. The van der Waals surface area contributed by atoms with Crippen LogP contribution in [0.1, 0.15) is 21.5 Å². The summed E-state index contributed by atoms with van der Waals surface area (Å²) in [7, 11) is 1.58. The van der Waals surface area contributed by atoms with Crippen molar-refractivity contribution in [3.63, 3.8) is 0 Å². The summed E-state index contributed by atoms with van der Waals surface area (Å²) in [5, 5.41) is 15.9. The summed E-state index contributed by atoms with van der Waals surface area (Å²) >= 11 is 0. The normalized spacial score (nSPS) is 13.3. The Bertz CT molecular complexity index is 648. The average Bonchev–Trinajstić information content (AvgIpc) is 2.62. The SMILES string of the molecule is CNC(=O)c1cncc(CNC[C@@H](O)[C@@H](N)Cc2ccccc2)c1. The highest BCUT2D eigenvalue weighted by atomic mass is 16.3. The monoisotopic (exact) mass is 328 g/mol. The van der Waals surface area contributed by atoms with Crippen molar-refractivity contribution in [3.05, 3.63) is 65.5 Å². The van der Waals surface area contributed by atoms with E-state index in [2.05, 4.69) is 15.6 Å². The van der Waals surface area contributed by atoms with Gasteiger partial charge in [0.2, 0.25) is 0 Å². The number of aliphatic hydroxyl groups excluding tert-OH is 1. The highest BCUT2D eigenvalue weighted by Crippen LogP contribution is 2.05. The van der Waals surface area contributed by atoms with Crippen LogP contribution in [0.3, 0.4) is 0 Å². The molecule has 0 spiro atoms. The molecule has 6 heteroatoms. The van der Waals surface area contributed by atoms with Crippen LogP contribution in [0, 0.1) is 0 Å². The van der Waals surface area contributed by atoms with Crippen LogP contribution >= 0.6 is 0 Å². The molecule has 0 unspecified atom stereocenters. The Kier molecular flexibility index (Phi) is 6.87. The number of benzene rings is 1. The highest BCUT2D eigenvalue weighted by molar-refractivity contribution is 5.93. The fourth-order valence-electron chi connectivity index (χ4n) is 2.39. The number of nitrogens with one attached hydrogen (secondary N) is 2. The zero-order chi connectivity index (χ0) is 17.4. The first-order valence-corrected chi connectivity index (χ1v) is 7.94. The molecule has 1 aromatic carbocycles. The Morgan fingerprint density at radius 3 is 2.71 bits per heavy atom. The second kappa shape index (κ2) is 9.12. The third-order valence-electron chi connectivity index (χ3n) is 3.78. The molecular weight excluding hydrogens is 304 g/mol. The molecule has 0 fully saturated rings. The molecule has 6 nitrogen and oxygen atoms in total. The molecule has 0 aliphatic heterocycles. The number of hydrogen-bond acceptors (Lipinski definition) is 5. The van der Waals surface area contributed by atoms with Crippen LogP contribution < -0.4 is 16.4 Å². The Labute approximate surface area is 142 Å². The summed E-state index contributed by atoms with van der Waals surface area (Å²) in [6.45, 7) is 0.880. The van der Waals surface area contributed by atoms with Crippen molar-refractivity contribution >= 4 is 5.91 Å². The van der Waals surface area contributed by atoms with Crippen LogP contribution in [0.15, 0.2) is 48.8 Å². The molecular formula is C18H24N4O2. The topological polar surface area (TPSA) is 100 Å². The first-order chi connectivity index (χ1) is 11.6. The van der Waals surface area contributed by atoms with Crippen molar-refractivity contribution in [1.82, 2.24) is 15.6 Å². The fourth-order valence-corrected chi connectivity index (χ4v) is 2.39. The molecule has 2 aromatic rings. The molecule has 1 aromatic heterocycles. The molecule has 5 N–H and O–H groups in total. The van der Waals surface area contributed by atoms with Crippen LogP contribution in [0.4, 0.5) is 0 Å². The average molecular weight is 328 g/mol. The number of carbonyl (C=O) groups is 1. The van der Waals surface area contributed by atoms with Crippen molar-refractivity contribution in [2.24, 2.45) is 5.73 Å². The van der Waals surface area contributed by atoms with E-state index >= 15 is 0 Å². The van der Waals surface area contributed by atoms with Gasteiger partial charge in [-0.15, -0.1) is 0 Å². The summed E-state index contributed by atoms with van der Waals surface area (Å²) in [6.07, 6.45) is 3.18. The second-order valence-corrected chi connectivity index (χ2v) is 5.71. The van der Waals surface area contributed by atoms with Gasteiger partial charge in [0.05, 0.1) is 11.7 Å². The minimum atomic E-state index is -0.653. The zero-order valence-electron chi connectivity index (χ0n) is 13.8. The van der Waals surface area contributed by atoms with Gasteiger partial charge >= 0.3 is 0 Å². The molecule has 128 valence electrons. The van der Waals surface area contributed by atoms with Crippen LogP contribution in [0.25, 0.3) is 0 Å². The molecule has 1 heterocycles. The Hall–Kier alpha value is -2.28. The molecule has 0 bridgehead atoms. The molecule has 0 aliphatic rings. The summed E-state index contributed by atoms with van der Waals surface area (Å²) in [6, 6.07) is 11.3. The van der Waals surface area contributed by atoms with E-state index < -0.39 is 6.10 Å². The summed E-state index contributed by atoms with van der Waals surface area (Å²) in [4.78, 5) is 15.6. The molecule has 0 radical (unpaired) electrons. The van der Waals surface area contributed by atoms with E-state index in [1.54, 1.807) is 19.3 Å². The molecule has 0 saturated heterocycles. The summed E-state index contributed by atoms with van der Waals surface area (Å²) in [5.74, 6) is -0.172.